The van der Waals surface area contributed by atoms with Crippen molar-refractivity contribution in [2.45, 2.75) is 125 Å². The van der Waals surface area contributed by atoms with E-state index in [1.165, 1.54) is 24.8 Å². The zero-order chi connectivity index (χ0) is 29.0. The molecule has 1 spiro atoms. The maximum Gasteiger partial charge on any atom is 0.312 e. The zero-order valence-corrected chi connectivity index (χ0v) is 27.0. The smallest absolute Gasteiger partial charge is 0.312 e. The Kier molecular flexibility index (Phi) is 6.48. The number of methoxy groups -OCH3 is 1. The summed E-state index contributed by atoms with van der Waals surface area (Å²) in [6.07, 6.45) is 15.6. The minimum Gasteiger partial charge on any atom is -0.469 e. The predicted molar refractivity (Wildman–Crippen MR) is 159 cm³/mol. The summed E-state index contributed by atoms with van der Waals surface area (Å²) >= 11 is 0. The molecule has 1 heterocycles. The molecule has 40 heavy (non-hydrogen) atoms. The van der Waals surface area contributed by atoms with Crippen LogP contribution in [0.2, 0.25) is 0 Å². The predicted octanol–water partition coefficient (Wildman–Crippen LogP) is 8.65. The summed E-state index contributed by atoms with van der Waals surface area (Å²) in [5.41, 5.74) is 3.51. The van der Waals surface area contributed by atoms with Crippen molar-refractivity contribution in [3.05, 3.63) is 23.3 Å². The Hall–Kier alpha value is -1.13. The largest absolute Gasteiger partial charge is 0.469 e. The van der Waals surface area contributed by atoms with Gasteiger partial charge in [0.2, 0.25) is 0 Å². The number of hydrogen-bond acceptors (Lipinski definition) is 4. The van der Waals surface area contributed by atoms with Crippen LogP contribution < -0.4 is 0 Å². The molecule has 0 bridgehead atoms. The molecule has 6 rings (SSSR count). The van der Waals surface area contributed by atoms with Crippen LogP contribution in [0.3, 0.4) is 0 Å². The van der Waals surface area contributed by atoms with Crippen molar-refractivity contribution in [3.63, 3.8) is 0 Å². The minimum atomic E-state index is -0.421. The van der Waals surface area contributed by atoms with E-state index in [1.807, 2.05) is 0 Å². The molecule has 0 radical (unpaired) electrons. The average molecular weight is 553 g/mol. The van der Waals surface area contributed by atoms with Gasteiger partial charge in [0, 0.05) is 11.8 Å². The van der Waals surface area contributed by atoms with E-state index in [2.05, 4.69) is 67.5 Å². The number of fused-ring (bicyclic) bond motifs is 7. The SMILES string of the molecule is CC=CC1=C2[C@@H]3CC(C)(C)CC[C@]3(C(=O)OC)CC[C@@]2(C)[C@]2(C)CC[C@H]3C(C)(C)C4(CC[C@]3(C)C2C1)OCCO4. The zero-order valence-electron chi connectivity index (χ0n) is 27.0. The molecular formula is C36H56O4. The van der Waals surface area contributed by atoms with Gasteiger partial charge in [0.15, 0.2) is 5.79 Å². The number of hydrogen-bond donors (Lipinski definition) is 0. The number of ether oxygens (including phenoxy) is 3. The summed E-state index contributed by atoms with van der Waals surface area (Å²) in [7, 11) is 1.61. The third kappa shape index (κ3) is 3.47. The summed E-state index contributed by atoms with van der Waals surface area (Å²) in [5.74, 6) is 1.05. The maximum atomic E-state index is 13.7. The summed E-state index contributed by atoms with van der Waals surface area (Å²) in [5, 5.41) is 0. The molecule has 7 atom stereocenters. The number of carbonyl (C=O) groups excluding carboxylic acids is 1. The van der Waals surface area contributed by atoms with Crippen molar-refractivity contribution in [3.8, 4) is 0 Å². The summed E-state index contributed by atoms with van der Waals surface area (Å²) < 4.78 is 18.5. The molecule has 6 aliphatic rings. The van der Waals surface area contributed by atoms with Crippen molar-refractivity contribution >= 4 is 5.97 Å². The highest BCUT2D eigenvalue weighted by Crippen LogP contribution is 2.77. The molecule has 4 saturated carbocycles. The van der Waals surface area contributed by atoms with Gasteiger partial charge in [0.1, 0.15) is 0 Å². The molecular weight excluding hydrogens is 496 g/mol. The Morgan fingerprint density at radius 2 is 1.55 bits per heavy atom. The molecule has 1 aliphatic heterocycles. The van der Waals surface area contributed by atoms with Gasteiger partial charge in [-0.25, -0.2) is 0 Å². The van der Waals surface area contributed by atoms with Crippen LogP contribution in [0.5, 0.6) is 0 Å². The third-order valence-electron chi connectivity index (χ3n) is 14.6. The molecule has 1 saturated heterocycles. The lowest BCUT2D eigenvalue weighted by Crippen LogP contribution is -2.67. The van der Waals surface area contributed by atoms with Gasteiger partial charge in [-0.2, -0.15) is 0 Å². The Balaban J connectivity index is 1.50. The van der Waals surface area contributed by atoms with Gasteiger partial charge in [-0.1, -0.05) is 66.2 Å². The highest BCUT2D eigenvalue weighted by atomic mass is 16.7. The molecule has 4 nitrogen and oxygen atoms in total. The second kappa shape index (κ2) is 8.94. The van der Waals surface area contributed by atoms with Gasteiger partial charge in [-0.05, 0) is 110 Å². The van der Waals surface area contributed by atoms with Crippen LogP contribution in [0.15, 0.2) is 23.3 Å². The quantitative estimate of drug-likeness (QED) is 0.322. The Bertz CT molecular complexity index is 1120. The molecule has 5 aliphatic carbocycles. The molecule has 1 unspecified atom stereocenters. The van der Waals surface area contributed by atoms with Crippen molar-refractivity contribution in [1.29, 1.82) is 0 Å². The Morgan fingerprint density at radius 3 is 2.20 bits per heavy atom. The first-order chi connectivity index (χ1) is 18.7. The van der Waals surface area contributed by atoms with E-state index in [0.717, 1.165) is 58.2 Å². The van der Waals surface area contributed by atoms with Crippen LogP contribution >= 0.6 is 0 Å². The van der Waals surface area contributed by atoms with Gasteiger partial charge < -0.3 is 14.2 Å². The van der Waals surface area contributed by atoms with Crippen LogP contribution in [0.25, 0.3) is 0 Å². The van der Waals surface area contributed by atoms with Crippen LogP contribution in [0.1, 0.15) is 120 Å². The van der Waals surface area contributed by atoms with Crippen LogP contribution in [-0.2, 0) is 19.0 Å². The first kappa shape index (κ1) is 29.0. The van der Waals surface area contributed by atoms with Gasteiger partial charge in [-0.3, -0.25) is 4.79 Å². The lowest BCUT2D eigenvalue weighted by molar-refractivity contribution is -0.307. The van der Waals surface area contributed by atoms with Crippen molar-refractivity contribution < 1.29 is 19.0 Å². The van der Waals surface area contributed by atoms with Gasteiger partial charge in [-0.15, -0.1) is 0 Å². The lowest BCUT2D eigenvalue weighted by atomic mass is 9.32. The molecule has 224 valence electrons. The van der Waals surface area contributed by atoms with E-state index in [0.29, 0.717) is 11.8 Å². The van der Waals surface area contributed by atoms with Crippen molar-refractivity contribution in [2.24, 2.45) is 50.2 Å². The van der Waals surface area contributed by atoms with E-state index in [4.69, 9.17) is 14.2 Å². The molecule has 5 fully saturated rings. The average Bonchev–Trinajstić information content (AvgIpc) is 3.38. The molecule has 0 amide bonds. The maximum absolute atomic E-state index is 13.7. The van der Waals surface area contributed by atoms with Crippen molar-refractivity contribution in [1.82, 2.24) is 0 Å². The third-order valence-corrected chi connectivity index (χ3v) is 14.6. The standard InChI is InChI=1S/C36H56O4/c1-10-11-24-22-27-32(6)15-19-36(39-20-21-40-36)31(4,5)26(32)12-13-33(27,7)34(8)16-18-35(29(37)38-9)17-14-30(2,3)23-25(35)28(24)34/h10-11,25-27H,12-23H2,1-9H3/t25-,26-,27?,32-,33+,34+,35-/m0/s1. The van der Waals surface area contributed by atoms with Gasteiger partial charge >= 0.3 is 5.97 Å². The lowest BCUT2D eigenvalue weighted by Gasteiger charge is -2.72. The van der Waals surface area contributed by atoms with Crippen LogP contribution in [-0.4, -0.2) is 32.1 Å². The molecule has 0 aromatic heterocycles. The van der Waals surface area contributed by atoms with Gasteiger partial charge in [0.25, 0.3) is 0 Å². The van der Waals surface area contributed by atoms with E-state index in [-0.39, 0.29) is 44.4 Å². The minimum absolute atomic E-state index is 0.0243. The normalized spacial score (nSPS) is 46.9. The van der Waals surface area contributed by atoms with E-state index in [9.17, 15) is 4.79 Å². The number of carbonyl (C=O) groups is 1. The second-order valence-corrected chi connectivity index (χ2v) is 16.8. The summed E-state index contributed by atoms with van der Waals surface area (Å²) in [6.45, 7) is 21.3. The van der Waals surface area contributed by atoms with Crippen LogP contribution in [0, 0.1) is 50.2 Å². The topological polar surface area (TPSA) is 44.8 Å². The Morgan fingerprint density at radius 1 is 0.875 bits per heavy atom. The molecule has 4 heteroatoms. The fourth-order valence-corrected chi connectivity index (χ4v) is 12.2. The monoisotopic (exact) mass is 552 g/mol. The highest BCUT2D eigenvalue weighted by molar-refractivity contribution is 5.79. The van der Waals surface area contributed by atoms with E-state index in [1.54, 1.807) is 12.7 Å². The second-order valence-electron chi connectivity index (χ2n) is 16.8. The fourth-order valence-electron chi connectivity index (χ4n) is 12.2. The van der Waals surface area contributed by atoms with Crippen molar-refractivity contribution in [2.75, 3.05) is 20.3 Å². The number of allylic oxidation sites excluding steroid dienone is 4. The Labute approximate surface area is 244 Å². The first-order valence-corrected chi connectivity index (χ1v) is 16.4. The van der Waals surface area contributed by atoms with Gasteiger partial charge in [0.05, 0.1) is 25.7 Å². The highest BCUT2D eigenvalue weighted by Gasteiger charge is 2.72. The molecule has 0 aromatic carbocycles. The van der Waals surface area contributed by atoms with E-state index < -0.39 is 5.79 Å². The van der Waals surface area contributed by atoms with E-state index >= 15 is 0 Å². The van der Waals surface area contributed by atoms with Crippen LogP contribution in [0.4, 0.5) is 0 Å². The number of esters is 1. The summed E-state index contributed by atoms with van der Waals surface area (Å²) in [4.78, 5) is 13.7. The molecule has 0 N–H and O–H groups in total. The first-order valence-electron chi connectivity index (χ1n) is 16.4. The molecule has 0 aromatic rings. The number of rotatable bonds is 2. The fraction of sp³-hybridized carbons (Fsp3) is 0.861. The summed E-state index contributed by atoms with van der Waals surface area (Å²) in [6, 6.07) is 0.